The van der Waals surface area contributed by atoms with Crippen molar-refractivity contribution in [3.05, 3.63) is 111 Å². The summed E-state index contributed by atoms with van der Waals surface area (Å²) in [6, 6.07) is 23.8. The van der Waals surface area contributed by atoms with E-state index in [0.717, 1.165) is 5.56 Å². The molecule has 0 saturated carbocycles. The van der Waals surface area contributed by atoms with E-state index in [4.69, 9.17) is 21.1 Å². The molecule has 0 bridgehead atoms. The molecule has 8 heteroatoms. The standard InChI is InChI=1S/C25H20ClN3O4/c1-32-22-12-8-20(9-13-22)27-25(31)18-4-10-21(11-5-18)29-24(30)15-14-23(28-29)33-16-17-2-6-19(26)7-3-17/h2-15H,16H2,1H3,(H,27,31). The fourth-order valence-electron chi connectivity index (χ4n) is 3.03. The summed E-state index contributed by atoms with van der Waals surface area (Å²) in [6.45, 7) is 0.285. The number of rotatable bonds is 7. The quantitative estimate of drug-likeness (QED) is 0.430. The Balaban J connectivity index is 1.46. The predicted molar refractivity (Wildman–Crippen MR) is 127 cm³/mol. The number of benzene rings is 3. The Morgan fingerprint density at radius 1 is 0.939 bits per heavy atom. The zero-order chi connectivity index (χ0) is 23.2. The van der Waals surface area contributed by atoms with Crippen LogP contribution in [0, 0.1) is 0 Å². The van der Waals surface area contributed by atoms with Gasteiger partial charge in [-0.25, -0.2) is 0 Å². The van der Waals surface area contributed by atoms with Crippen LogP contribution in [0.1, 0.15) is 15.9 Å². The van der Waals surface area contributed by atoms with Crippen molar-refractivity contribution >= 4 is 23.2 Å². The fraction of sp³-hybridized carbons (Fsp3) is 0.0800. The molecule has 1 heterocycles. The maximum absolute atomic E-state index is 12.5. The monoisotopic (exact) mass is 461 g/mol. The zero-order valence-electron chi connectivity index (χ0n) is 17.7. The minimum Gasteiger partial charge on any atom is -0.497 e. The molecule has 1 amide bonds. The van der Waals surface area contributed by atoms with Crippen molar-refractivity contribution in [2.45, 2.75) is 6.61 Å². The molecule has 0 fully saturated rings. The lowest BCUT2D eigenvalue weighted by Gasteiger charge is -2.10. The molecule has 4 rings (SSSR count). The van der Waals surface area contributed by atoms with Crippen LogP contribution in [0.5, 0.6) is 11.6 Å². The molecule has 33 heavy (non-hydrogen) atoms. The Morgan fingerprint density at radius 3 is 2.30 bits per heavy atom. The molecule has 0 saturated heterocycles. The third kappa shape index (κ3) is 5.58. The molecule has 1 N–H and O–H groups in total. The summed E-state index contributed by atoms with van der Waals surface area (Å²) in [4.78, 5) is 24.9. The van der Waals surface area contributed by atoms with Crippen LogP contribution in [0.3, 0.4) is 0 Å². The SMILES string of the molecule is COc1ccc(NC(=O)c2ccc(-n3nc(OCc4ccc(Cl)cc4)ccc3=O)cc2)cc1. The number of carbonyl (C=O) groups is 1. The third-order valence-corrected chi connectivity index (χ3v) is 5.05. The Kier molecular flexibility index (Phi) is 6.71. The number of aromatic nitrogens is 2. The molecule has 0 spiro atoms. The number of anilines is 1. The molecule has 0 radical (unpaired) electrons. The molecule has 0 unspecified atom stereocenters. The van der Waals surface area contributed by atoms with E-state index in [1.807, 2.05) is 12.1 Å². The van der Waals surface area contributed by atoms with Crippen LogP contribution in [0.25, 0.3) is 5.69 Å². The number of carbonyl (C=O) groups excluding carboxylic acids is 1. The van der Waals surface area contributed by atoms with E-state index in [1.165, 1.54) is 16.8 Å². The highest BCUT2D eigenvalue weighted by Gasteiger charge is 2.09. The van der Waals surface area contributed by atoms with Gasteiger partial charge in [0.25, 0.3) is 11.5 Å². The number of hydrogen-bond acceptors (Lipinski definition) is 5. The first-order valence-corrected chi connectivity index (χ1v) is 10.4. The van der Waals surface area contributed by atoms with Crippen molar-refractivity contribution in [1.82, 2.24) is 9.78 Å². The van der Waals surface area contributed by atoms with Crippen LogP contribution in [-0.2, 0) is 6.61 Å². The van der Waals surface area contributed by atoms with Crippen LogP contribution < -0.4 is 20.3 Å². The van der Waals surface area contributed by atoms with Crippen molar-refractivity contribution in [1.29, 1.82) is 0 Å². The van der Waals surface area contributed by atoms with Crippen LogP contribution in [-0.4, -0.2) is 22.8 Å². The van der Waals surface area contributed by atoms with Gasteiger partial charge in [-0.15, -0.1) is 5.10 Å². The van der Waals surface area contributed by atoms with Crippen LogP contribution in [0.4, 0.5) is 5.69 Å². The van der Waals surface area contributed by atoms with Gasteiger partial charge < -0.3 is 14.8 Å². The lowest BCUT2D eigenvalue weighted by Crippen LogP contribution is -2.20. The third-order valence-electron chi connectivity index (χ3n) is 4.80. The molecular weight excluding hydrogens is 442 g/mol. The summed E-state index contributed by atoms with van der Waals surface area (Å²) in [6.07, 6.45) is 0. The Morgan fingerprint density at radius 2 is 1.64 bits per heavy atom. The van der Waals surface area contributed by atoms with E-state index in [1.54, 1.807) is 67.8 Å². The van der Waals surface area contributed by atoms with Gasteiger partial charge in [-0.3, -0.25) is 9.59 Å². The molecule has 3 aromatic carbocycles. The predicted octanol–water partition coefficient (Wildman–Crippen LogP) is 4.73. The maximum atomic E-state index is 12.5. The number of halogens is 1. The maximum Gasteiger partial charge on any atom is 0.271 e. The number of methoxy groups -OCH3 is 1. The first-order valence-electron chi connectivity index (χ1n) is 10.1. The number of nitrogens with zero attached hydrogens (tertiary/aromatic N) is 2. The second-order valence-electron chi connectivity index (χ2n) is 7.07. The number of amides is 1. The van der Waals surface area contributed by atoms with E-state index < -0.39 is 0 Å². The van der Waals surface area contributed by atoms with E-state index >= 15 is 0 Å². The van der Waals surface area contributed by atoms with Gasteiger partial charge >= 0.3 is 0 Å². The lowest BCUT2D eigenvalue weighted by molar-refractivity contribution is 0.102. The average Bonchev–Trinajstić information content (AvgIpc) is 2.85. The fourth-order valence-corrected chi connectivity index (χ4v) is 3.15. The summed E-state index contributed by atoms with van der Waals surface area (Å²) in [5.41, 5.74) is 2.21. The van der Waals surface area contributed by atoms with Gasteiger partial charge in [0.05, 0.1) is 12.8 Å². The lowest BCUT2D eigenvalue weighted by atomic mass is 10.2. The van der Waals surface area contributed by atoms with Crippen molar-refractivity contribution in [3.8, 4) is 17.3 Å². The first-order chi connectivity index (χ1) is 16.0. The summed E-state index contributed by atoms with van der Waals surface area (Å²) in [5, 5.41) is 7.74. The van der Waals surface area contributed by atoms with Gasteiger partial charge in [0.1, 0.15) is 12.4 Å². The van der Waals surface area contributed by atoms with Gasteiger partial charge in [0, 0.05) is 28.4 Å². The molecule has 7 nitrogen and oxygen atoms in total. The summed E-state index contributed by atoms with van der Waals surface area (Å²) in [5.74, 6) is 0.729. The van der Waals surface area contributed by atoms with E-state index in [9.17, 15) is 9.59 Å². The van der Waals surface area contributed by atoms with E-state index in [2.05, 4.69) is 10.4 Å². The summed E-state index contributed by atoms with van der Waals surface area (Å²) < 4.78 is 12.0. The highest BCUT2D eigenvalue weighted by Crippen LogP contribution is 2.17. The zero-order valence-corrected chi connectivity index (χ0v) is 18.5. The molecule has 0 aliphatic rings. The Hall–Kier alpha value is -4.10. The van der Waals surface area contributed by atoms with E-state index in [-0.39, 0.29) is 18.1 Å². The summed E-state index contributed by atoms with van der Waals surface area (Å²) in [7, 11) is 1.58. The normalized spacial score (nSPS) is 10.5. The number of hydrogen-bond donors (Lipinski definition) is 1. The molecular formula is C25H20ClN3O4. The van der Waals surface area contributed by atoms with Crippen molar-refractivity contribution in [3.63, 3.8) is 0 Å². The topological polar surface area (TPSA) is 82.4 Å². The van der Waals surface area contributed by atoms with Crippen LogP contribution in [0.15, 0.2) is 89.7 Å². The molecule has 0 atom stereocenters. The Bertz CT molecular complexity index is 1300. The molecule has 4 aromatic rings. The van der Waals surface area contributed by atoms with Gasteiger partial charge in [-0.1, -0.05) is 23.7 Å². The smallest absolute Gasteiger partial charge is 0.271 e. The number of ether oxygens (including phenoxy) is 2. The van der Waals surface area contributed by atoms with Crippen LogP contribution >= 0.6 is 11.6 Å². The Labute approximate surface area is 195 Å². The van der Waals surface area contributed by atoms with Crippen molar-refractivity contribution in [2.75, 3.05) is 12.4 Å². The van der Waals surface area contributed by atoms with Gasteiger partial charge in [0.15, 0.2) is 0 Å². The minimum atomic E-state index is -0.315. The van der Waals surface area contributed by atoms with E-state index in [0.29, 0.717) is 33.6 Å². The van der Waals surface area contributed by atoms with Crippen LogP contribution in [0.2, 0.25) is 5.02 Å². The highest BCUT2D eigenvalue weighted by atomic mass is 35.5. The molecule has 0 aliphatic heterocycles. The second kappa shape index (κ2) is 10.0. The highest BCUT2D eigenvalue weighted by molar-refractivity contribution is 6.30. The molecule has 1 aromatic heterocycles. The molecule has 0 aliphatic carbocycles. The van der Waals surface area contributed by atoms with Crippen molar-refractivity contribution in [2.24, 2.45) is 0 Å². The van der Waals surface area contributed by atoms with Gasteiger partial charge in [-0.2, -0.15) is 4.68 Å². The number of nitrogens with one attached hydrogen (secondary N) is 1. The first kappa shape index (κ1) is 22.1. The van der Waals surface area contributed by atoms with Gasteiger partial charge in [0.2, 0.25) is 5.88 Å². The average molecular weight is 462 g/mol. The largest absolute Gasteiger partial charge is 0.497 e. The second-order valence-corrected chi connectivity index (χ2v) is 7.50. The van der Waals surface area contributed by atoms with Crippen molar-refractivity contribution < 1.29 is 14.3 Å². The molecule has 166 valence electrons. The summed E-state index contributed by atoms with van der Waals surface area (Å²) >= 11 is 5.90. The van der Waals surface area contributed by atoms with Gasteiger partial charge in [-0.05, 0) is 66.2 Å². The minimum absolute atomic E-state index is 0.271.